The molecule has 2 atom stereocenters. The fourth-order valence-corrected chi connectivity index (χ4v) is 2.91. The lowest BCUT2D eigenvalue weighted by atomic mass is 9.97. The van der Waals surface area contributed by atoms with Crippen LogP contribution in [0.4, 0.5) is 5.69 Å². The molecule has 0 radical (unpaired) electrons. The standard InChI is InChI=1S/C15H19N3O2/c19-14-6-5-11(9-17-14)18-15(20)7-10-8-16-13-4-2-1-3-12(10)13/h1-4,10-11,16H,5-9H2,(H,17,19)(H,18,20). The van der Waals surface area contributed by atoms with Gasteiger partial charge < -0.3 is 16.0 Å². The van der Waals surface area contributed by atoms with Crippen LogP contribution in [-0.2, 0) is 9.59 Å². The van der Waals surface area contributed by atoms with Crippen LogP contribution in [0.15, 0.2) is 24.3 Å². The number of anilines is 1. The van der Waals surface area contributed by atoms with Crippen LogP contribution in [0.1, 0.15) is 30.7 Å². The van der Waals surface area contributed by atoms with Crippen molar-refractivity contribution in [2.45, 2.75) is 31.2 Å². The Labute approximate surface area is 118 Å². The summed E-state index contributed by atoms with van der Waals surface area (Å²) in [5, 5.41) is 9.12. The third-order valence-electron chi connectivity index (χ3n) is 4.00. The molecule has 0 aromatic heterocycles. The average Bonchev–Trinajstić information content (AvgIpc) is 2.85. The molecular formula is C15H19N3O2. The highest BCUT2D eigenvalue weighted by Gasteiger charge is 2.26. The van der Waals surface area contributed by atoms with Crippen molar-refractivity contribution in [1.82, 2.24) is 10.6 Å². The highest BCUT2D eigenvalue weighted by atomic mass is 16.2. The minimum atomic E-state index is 0.0645. The molecule has 1 saturated heterocycles. The zero-order valence-corrected chi connectivity index (χ0v) is 11.3. The number of rotatable bonds is 3. The Morgan fingerprint density at radius 2 is 2.10 bits per heavy atom. The molecule has 1 aromatic rings. The number of piperidine rings is 1. The van der Waals surface area contributed by atoms with Gasteiger partial charge in [-0.3, -0.25) is 9.59 Å². The Balaban J connectivity index is 1.54. The monoisotopic (exact) mass is 273 g/mol. The first-order valence-electron chi connectivity index (χ1n) is 7.11. The lowest BCUT2D eigenvalue weighted by Gasteiger charge is -2.24. The Kier molecular flexibility index (Phi) is 3.58. The molecule has 1 aromatic carbocycles. The highest BCUT2D eigenvalue weighted by molar-refractivity contribution is 5.80. The Morgan fingerprint density at radius 3 is 2.90 bits per heavy atom. The van der Waals surface area contributed by atoms with Crippen molar-refractivity contribution in [2.24, 2.45) is 0 Å². The van der Waals surface area contributed by atoms with Gasteiger partial charge in [0.15, 0.2) is 0 Å². The Bertz CT molecular complexity index is 520. The minimum Gasteiger partial charge on any atom is -0.384 e. The van der Waals surface area contributed by atoms with E-state index >= 15 is 0 Å². The summed E-state index contributed by atoms with van der Waals surface area (Å²) in [6.45, 7) is 1.36. The zero-order chi connectivity index (χ0) is 13.9. The normalized spacial score (nSPS) is 24.5. The Hall–Kier alpha value is -2.04. The van der Waals surface area contributed by atoms with Crippen LogP contribution < -0.4 is 16.0 Å². The van der Waals surface area contributed by atoms with Gasteiger partial charge in [-0.05, 0) is 18.1 Å². The predicted molar refractivity (Wildman–Crippen MR) is 76.5 cm³/mol. The molecule has 2 amide bonds. The maximum atomic E-state index is 12.1. The number of benzene rings is 1. The van der Waals surface area contributed by atoms with Gasteiger partial charge in [-0.15, -0.1) is 0 Å². The molecule has 2 heterocycles. The van der Waals surface area contributed by atoms with Gasteiger partial charge in [0.05, 0.1) is 0 Å². The fraction of sp³-hybridized carbons (Fsp3) is 0.467. The summed E-state index contributed by atoms with van der Waals surface area (Å²) >= 11 is 0. The molecular weight excluding hydrogens is 254 g/mol. The minimum absolute atomic E-state index is 0.0645. The topological polar surface area (TPSA) is 70.2 Å². The van der Waals surface area contributed by atoms with Crippen LogP contribution in [0.5, 0.6) is 0 Å². The highest BCUT2D eigenvalue weighted by Crippen LogP contribution is 2.33. The maximum absolute atomic E-state index is 12.1. The molecule has 0 bridgehead atoms. The molecule has 0 saturated carbocycles. The van der Waals surface area contributed by atoms with Gasteiger partial charge >= 0.3 is 0 Å². The fourth-order valence-electron chi connectivity index (χ4n) is 2.91. The van der Waals surface area contributed by atoms with Gasteiger partial charge in [0.25, 0.3) is 0 Å². The van der Waals surface area contributed by atoms with Crippen LogP contribution in [0, 0.1) is 0 Å². The number of carbonyl (C=O) groups excluding carboxylic acids is 2. The van der Waals surface area contributed by atoms with Gasteiger partial charge in [-0.1, -0.05) is 18.2 Å². The van der Waals surface area contributed by atoms with E-state index < -0.39 is 0 Å². The Morgan fingerprint density at radius 1 is 1.25 bits per heavy atom. The third-order valence-corrected chi connectivity index (χ3v) is 4.00. The maximum Gasteiger partial charge on any atom is 0.220 e. The number of hydrogen-bond acceptors (Lipinski definition) is 3. The van der Waals surface area contributed by atoms with E-state index in [0.717, 1.165) is 18.7 Å². The van der Waals surface area contributed by atoms with E-state index in [1.54, 1.807) is 0 Å². The molecule has 2 aliphatic rings. The molecule has 2 unspecified atom stereocenters. The molecule has 20 heavy (non-hydrogen) atoms. The van der Waals surface area contributed by atoms with Crippen molar-refractivity contribution >= 4 is 17.5 Å². The van der Waals surface area contributed by atoms with Crippen molar-refractivity contribution in [3.05, 3.63) is 29.8 Å². The third kappa shape index (κ3) is 2.76. The molecule has 0 spiro atoms. The van der Waals surface area contributed by atoms with E-state index in [9.17, 15) is 9.59 Å². The lowest BCUT2D eigenvalue weighted by Crippen LogP contribution is -2.48. The molecule has 3 rings (SSSR count). The van der Waals surface area contributed by atoms with Crippen LogP contribution in [0.2, 0.25) is 0 Å². The largest absolute Gasteiger partial charge is 0.384 e. The summed E-state index contributed by atoms with van der Waals surface area (Å²) in [6.07, 6.45) is 1.73. The van der Waals surface area contributed by atoms with Crippen molar-refractivity contribution in [3.8, 4) is 0 Å². The quantitative estimate of drug-likeness (QED) is 0.769. The first-order chi connectivity index (χ1) is 9.72. The summed E-state index contributed by atoms with van der Waals surface area (Å²) < 4.78 is 0. The van der Waals surface area contributed by atoms with Crippen molar-refractivity contribution < 1.29 is 9.59 Å². The second-order valence-electron chi connectivity index (χ2n) is 5.48. The van der Waals surface area contributed by atoms with Gasteiger partial charge in [0, 0.05) is 43.6 Å². The van der Waals surface area contributed by atoms with Crippen molar-refractivity contribution in [3.63, 3.8) is 0 Å². The molecule has 1 fully saturated rings. The van der Waals surface area contributed by atoms with E-state index in [2.05, 4.69) is 22.0 Å². The molecule has 5 heteroatoms. The van der Waals surface area contributed by atoms with Crippen LogP contribution in [-0.4, -0.2) is 30.9 Å². The van der Waals surface area contributed by atoms with E-state index in [0.29, 0.717) is 19.4 Å². The van der Waals surface area contributed by atoms with Crippen LogP contribution in [0.25, 0.3) is 0 Å². The SMILES string of the molecule is O=C1CCC(NC(=O)CC2CNc3ccccc32)CN1. The van der Waals surface area contributed by atoms with E-state index in [1.165, 1.54) is 5.56 Å². The smallest absolute Gasteiger partial charge is 0.220 e. The van der Waals surface area contributed by atoms with Crippen LogP contribution in [0.3, 0.4) is 0 Å². The van der Waals surface area contributed by atoms with E-state index in [-0.39, 0.29) is 23.8 Å². The molecule has 2 aliphatic heterocycles. The number of nitrogens with one attached hydrogen (secondary N) is 3. The summed E-state index contributed by atoms with van der Waals surface area (Å²) in [7, 11) is 0. The van der Waals surface area contributed by atoms with Gasteiger partial charge in [0.1, 0.15) is 0 Å². The predicted octanol–water partition coefficient (Wildman–Crippen LogP) is 0.981. The molecule has 3 N–H and O–H groups in total. The second kappa shape index (κ2) is 5.53. The molecule has 0 aliphatic carbocycles. The summed E-state index contributed by atoms with van der Waals surface area (Å²) in [5.41, 5.74) is 2.36. The van der Waals surface area contributed by atoms with Gasteiger partial charge in [-0.25, -0.2) is 0 Å². The zero-order valence-electron chi connectivity index (χ0n) is 11.3. The molecule has 106 valence electrons. The number of fused-ring (bicyclic) bond motifs is 1. The van der Waals surface area contributed by atoms with E-state index in [4.69, 9.17) is 0 Å². The summed E-state index contributed by atoms with van der Waals surface area (Å²) in [6, 6.07) is 8.20. The van der Waals surface area contributed by atoms with E-state index in [1.807, 2.05) is 18.2 Å². The number of amides is 2. The molecule has 5 nitrogen and oxygen atoms in total. The van der Waals surface area contributed by atoms with Gasteiger partial charge in [0.2, 0.25) is 11.8 Å². The van der Waals surface area contributed by atoms with Crippen molar-refractivity contribution in [2.75, 3.05) is 18.4 Å². The number of carbonyl (C=O) groups is 2. The second-order valence-corrected chi connectivity index (χ2v) is 5.48. The first-order valence-corrected chi connectivity index (χ1v) is 7.11. The summed E-state index contributed by atoms with van der Waals surface area (Å²) in [5.74, 6) is 0.378. The first kappa shape index (κ1) is 13.0. The summed E-state index contributed by atoms with van der Waals surface area (Å²) in [4.78, 5) is 23.2. The number of para-hydroxylation sites is 1. The lowest BCUT2D eigenvalue weighted by molar-refractivity contribution is -0.125. The van der Waals surface area contributed by atoms with Gasteiger partial charge in [-0.2, -0.15) is 0 Å². The number of hydrogen-bond donors (Lipinski definition) is 3. The average molecular weight is 273 g/mol. The van der Waals surface area contributed by atoms with Crippen molar-refractivity contribution in [1.29, 1.82) is 0 Å². The van der Waals surface area contributed by atoms with Crippen LogP contribution >= 0.6 is 0 Å².